The summed E-state index contributed by atoms with van der Waals surface area (Å²) in [5.41, 5.74) is 1.45. The van der Waals surface area contributed by atoms with Crippen LogP contribution in [0.4, 0.5) is 11.5 Å². The summed E-state index contributed by atoms with van der Waals surface area (Å²) in [7, 11) is 0. The van der Waals surface area contributed by atoms with Gasteiger partial charge in [-0.2, -0.15) is 5.10 Å². The van der Waals surface area contributed by atoms with E-state index in [9.17, 15) is 9.59 Å². The van der Waals surface area contributed by atoms with Crippen molar-refractivity contribution in [2.24, 2.45) is 0 Å². The normalized spacial score (nSPS) is 10.5. The molecule has 144 valence electrons. The van der Waals surface area contributed by atoms with Gasteiger partial charge in [0.1, 0.15) is 11.4 Å². The third-order valence-corrected chi connectivity index (χ3v) is 4.35. The van der Waals surface area contributed by atoms with Crippen molar-refractivity contribution in [3.63, 3.8) is 0 Å². The predicted octanol–water partition coefficient (Wildman–Crippen LogP) is 4.62. The van der Waals surface area contributed by atoms with Crippen LogP contribution in [0, 0.1) is 0 Å². The van der Waals surface area contributed by atoms with Gasteiger partial charge in [0.25, 0.3) is 11.8 Å². The van der Waals surface area contributed by atoms with Crippen molar-refractivity contribution in [3.05, 3.63) is 95.5 Å². The van der Waals surface area contributed by atoms with Gasteiger partial charge in [0, 0.05) is 10.7 Å². The Hall–Kier alpha value is -3.84. The Bertz CT molecular complexity index is 1140. The largest absolute Gasteiger partial charge is 0.459 e. The SMILES string of the molecule is O=C(Nc1c(C(=O)Nc2ccc(Cl)cc2)cnn1-c1ccccc1)c1ccco1. The zero-order valence-corrected chi connectivity index (χ0v) is 15.8. The molecule has 2 aromatic carbocycles. The standard InChI is InChI=1S/C21H15ClN4O3/c22-14-8-10-15(11-9-14)24-20(27)17-13-23-26(16-5-2-1-3-6-16)19(17)25-21(28)18-7-4-12-29-18/h1-13H,(H,24,27)(H,25,28). The summed E-state index contributed by atoms with van der Waals surface area (Å²) in [6, 6.07) is 19.0. The number of benzene rings is 2. The highest BCUT2D eigenvalue weighted by Gasteiger charge is 2.22. The van der Waals surface area contributed by atoms with Crippen molar-refractivity contribution >= 4 is 34.9 Å². The van der Waals surface area contributed by atoms with Gasteiger partial charge in [-0.1, -0.05) is 29.8 Å². The van der Waals surface area contributed by atoms with E-state index in [0.29, 0.717) is 16.4 Å². The average Bonchev–Trinajstić information content (AvgIpc) is 3.41. The second-order valence-corrected chi connectivity index (χ2v) is 6.48. The first-order valence-electron chi connectivity index (χ1n) is 8.67. The molecule has 0 fully saturated rings. The third kappa shape index (κ3) is 4.04. The van der Waals surface area contributed by atoms with Gasteiger partial charge in [-0.15, -0.1) is 0 Å². The van der Waals surface area contributed by atoms with E-state index in [2.05, 4.69) is 15.7 Å². The maximum atomic E-state index is 12.9. The van der Waals surface area contributed by atoms with Gasteiger partial charge in [0.2, 0.25) is 0 Å². The Morgan fingerprint density at radius 1 is 0.897 bits per heavy atom. The first kappa shape index (κ1) is 18.5. The second kappa shape index (κ2) is 8.04. The van der Waals surface area contributed by atoms with E-state index in [1.807, 2.05) is 30.3 Å². The molecule has 4 rings (SSSR count). The fourth-order valence-electron chi connectivity index (χ4n) is 2.71. The van der Waals surface area contributed by atoms with E-state index in [-0.39, 0.29) is 17.1 Å². The molecule has 29 heavy (non-hydrogen) atoms. The highest BCUT2D eigenvalue weighted by Crippen LogP contribution is 2.23. The van der Waals surface area contributed by atoms with Gasteiger partial charge in [-0.25, -0.2) is 4.68 Å². The molecule has 2 aromatic heterocycles. The van der Waals surface area contributed by atoms with Crippen molar-refractivity contribution in [1.82, 2.24) is 9.78 Å². The van der Waals surface area contributed by atoms with Gasteiger partial charge in [0.15, 0.2) is 5.76 Å². The molecule has 8 heteroatoms. The molecular formula is C21H15ClN4O3. The molecule has 7 nitrogen and oxygen atoms in total. The van der Waals surface area contributed by atoms with E-state index in [0.717, 1.165) is 0 Å². The Kier molecular flexibility index (Phi) is 5.13. The number of anilines is 2. The number of carbonyl (C=O) groups excluding carboxylic acids is 2. The number of para-hydroxylation sites is 1. The van der Waals surface area contributed by atoms with E-state index in [4.69, 9.17) is 16.0 Å². The molecule has 0 radical (unpaired) electrons. The molecule has 4 aromatic rings. The summed E-state index contributed by atoms with van der Waals surface area (Å²) in [6.45, 7) is 0. The highest BCUT2D eigenvalue weighted by molar-refractivity contribution is 6.30. The number of rotatable bonds is 5. The van der Waals surface area contributed by atoms with Crippen molar-refractivity contribution in [1.29, 1.82) is 0 Å². The van der Waals surface area contributed by atoms with Crippen LogP contribution in [0.2, 0.25) is 5.02 Å². The zero-order valence-electron chi connectivity index (χ0n) is 15.0. The van der Waals surface area contributed by atoms with Crippen LogP contribution in [0.3, 0.4) is 0 Å². The molecule has 0 saturated carbocycles. The van der Waals surface area contributed by atoms with Crippen LogP contribution in [-0.4, -0.2) is 21.6 Å². The Balaban J connectivity index is 1.69. The molecule has 0 unspecified atom stereocenters. The fraction of sp³-hybridized carbons (Fsp3) is 0. The summed E-state index contributed by atoms with van der Waals surface area (Å²) >= 11 is 5.89. The number of amides is 2. The third-order valence-electron chi connectivity index (χ3n) is 4.09. The average molecular weight is 407 g/mol. The molecule has 0 atom stereocenters. The smallest absolute Gasteiger partial charge is 0.292 e. The van der Waals surface area contributed by atoms with Crippen molar-refractivity contribution in [2.75, 3.05) is 10.6 Å². The van der Waals surface area contributed by atoms with E-state index >= 15 is 0 Å². The van der Waals surface area contributed by atoms with E-state index in [1.54, 1.807) is 30.3 Å². The van der Waals surface area contributed by atoms with Crippen LogP contribution in [0.25, 0.3) is 5.69 Å². The first-order valence-corrected chi connectivity index (χ1v) is 9.05. The van der Waals surface area contributed by atoms with Crippen LogP contribution in [0.1, 0.15) is 20.9 Å². The Labute approximate surface area is 170 Å². The molecular weight excluding hydrogens is 392 g/mol. The summed E-state index contributed by atoms with van der Waals surface area (Å²) in [5.74, 6) is -0.573. The van der Waals surface area contributed by atoms with Crippen molar-refractivity contribution in [2.45, 2.75) is 0 Å². The summed E-state index contributed by atoms with van der Waals surface area (Å²) in [6.07, 6.45) is 2.80. The lowest BCUT2D eigenvalue weighted by atomic mass is 10.2. The lowest BCUT2D eigenvalue weighted by Crippen LogP contribution is -2.19. The first-order chi connectivity index (χ1) is 14.1. The summed E-state index contributed by atoms with van der Waals surface area (Å²) in [4.78, 5) is 25.4. The monoisotopic (exact) mass is 406 g/mol. The number of carbonyl (C=O) groups is 2. The van der Waals surface area contributed by atoms with Crippen LogP contribution in [0.5, 0.6) is 0 Å². The molecule has 0 aliphatic rings. The summed E-state index contributed by atoms with van der Waals surface area (Å²) < 4.78 is 6.63. The lowest BCUT2D eigenvalue weighted by molar-refractivity contribution is 0.0996. The number of nitrogens with zero attached hydrogens (tertiary/aromatic N) is 2. The van der Waals surface area contributed by atoms with Crippen LogP contribution < -0.4 is 10.6 Å². The zero-order chi connectivity index (χ0) is 20.2. The van der Waals surface area contributed by atoms with Gasteiger partial charge in [-0.3, -0.25) is 9.59 Å². The molecule has 0 spiro atoms. The van der Waals surface area contributed by atoms with Gasteiger partial charge in [-0.05, 0) is 48.5 Å². The van der Waals surface area contributed by atoms with Gasteiger partial charge >= 0.3 is 0 Å². The Morgan fingerprint density at radius 3 is 2.34 bits per heavy atom. The quantitative estimate of drug-likeness (QED) is 0.506. The van der Waals surface area contributed by atoms with E-state index in [1.165, 1.54) is 23.2 Å². The van der Waals surface area contributed by atoms with Crippen LogP contribution in [0.15, 0.2) is 83.6 Å². The molecule has 0 aliphatic carbocycles. The minimum atomic E-state index is -0.492. The number of halogens is 1. The number of hydrogen-bond donors (Lipinski definition) is 2. The second-order valence-electron chi connectivity index (χ2n) is 6.05. The lowest BCUT2D eigenvalue weighted by Gasteiger charge is -2.11. The molecule has 2 heterocycles. The van der Waals surface area contributed by atoms with E-state index < -0.39 is 11.8 Å². The van der Waals surface area contributed by atoms with Gasteiger partial charge < -0.3 is 15.1 Å². The molecule has 0 bridgehead atoms. The number of aromatic nitrogens is 2. The highest BCUT2D eigenvalue weighted by atomic mass is 35.5. The topological polar surface area (TPSA) is 89.2 Å². The fourth-order valence-corrected chi connectivity index (χ4v) is 2.83. The van der Waals surface area contributed by atoms with Crippen molar-refractivity contribution in [3.8, 4) is 5.69 Å². The minimum Gasteiger partial charge on any atom is -0.459 e. The van der Waals surface area contributed by atoms with Crippen LogP contribution >= 0.6 is 11.6 Å². The molecule has 2 N–H and O–H groups in total. The summed E-state index contributed by atoms with van der Waals surface area (Å²) in [5, 5.41) is 10.3. The van der Waals surface area contributed by atoms with Gasteiger partial charge in [0.05, 0.1) is 18.1 Å². The maximum Gasteiger partial charge on any atom is 0.292 e. The predicted molar refractivity (Wildman–Crippen MR) is 110 cm³/mol. The molecule has 2 amide bonds. The number of furan rings is 1. The Morgan fingerprint density at radius 2 is 1.66 bits per heavy atom. The molecule has 0 saturated heterocycles. The minimum absolute atomic E-state index is 0.120. The maximum absolute atomic E-state index is 12.9. The number of hydrogen-bond acceptors (Lipinski definition) is 4. The van der Waals surface area contributed by atoms with Crippen molar-refractivity contribution < 1.29 is 14.0 Å². The molecule has 0 aliphatic heterocycles. The van der Waals surface area contributed by atoms with Crippen LogP contribution in [-0.2, 0) is 0 Å². The number of nitrogens with one attached hydrogen (secondary N) is 2.